The number of ether oxygens (including phenoxy) is 1. The lowest BCUT2D eigenvalue weighted by atomic mass is 10.2. The molecule has 0 aromatic heterocycles. The second kappa shape index (κ2) is 5.13. The third kappa shape index (κ3) is 3.98. The largest absolute Gasteiger partial charge is 0.462 e. The second-order valence-corrected chi connectivity index (χ2v) is 2.79. The highest BCUT2D eigenvalue weighted by Gasteiger charge is 2.14. The molecule has 0 aromatic rings. The molecule has 0 aliphatic rings. The Labute approximate surface area is 67.9 Å². The molecule has 3 heteroatoms. The van der Waals surface area contributed by atoms with Gasteiger partial charge in [0.05, 0.1) is 12.0 Å². The SMILES string of the molecule is CCC(C)OC(=O)C(C)CN. The van der Waals surface area contributed by atoms with Crippen molar-refractivity contribution in [1.29, 1.82) is 0 Å². The summed E-state index contributed by atoms with van der Waals surface area (Å²) < 4.78 is 5.03. The third-order valence-electron chi connectivity index (χ3n) is 1.65. The van der Waals surface area contributed by atoms with E-state index in [1.165, 1.54) is 0 Å². The Morgan fingerprint density at radius 2 is 2.09 bits per heavy atom. The molecule has 2 unspecified atom stereocenters. The first-order valence-corrected chi connectivity index (χ1v) is 4.02. The Balaban J connectivity index is 3.68. The molecule has 0 radical (unpaired) electrons. The number of hydrogen-bond acceptors (Lipinski definition) is 3. The average Bonchev–Trinajstić information content (AvgIpc) is 2.02. The van der Waals surface area contributed by atoms with E-state index in [1.807, 2.05) is 13.8 Å². The van der Waals surface area contributed by atoms with Gasteiger partial charge in [0.2, 0.25) is 0 Å². The van der Waals surface area contributed by atoms with Crippen molar-refractivity contribution in [1.82, 2.24) is 0 Å². The fourth-order valence-corrected chi connectivity index (χ4v) is 0.494. The van der Waals surface area contributed by atoms with Gasteiger partial charge in [0, 0.05) is 6.54 Å². The van der Waals surface area contributed by atoms with E-state index in [0.717, 1.165) is 6.42 Å². The van der Waals surface area contributed by atoms with Crippen molar-refractivity contribution in [3.63, 3.8) is 0 Å². The number of hydrogen-bond donors (Lipinski definition) is 1. The van der Waals surface area contributed by atoms with Crippen molar-refractivity contribution in [3.05, 3.63) is 0 Å². The zero-order chi connectivity index (χ0) is 8.85. The molecule has 0 amide bonds. The zero-order valence-electron chi connectivity index (χ0n) is 7.46. The lowest BCUT2D eigenvalue weighted by Crippen LogP contribution is -2.25. The highest BCUT2D eigenvalue weighted by Crippen LogP contribution is 2.02. The first-order valence-electron chi connectivity index (χ1n) is 4.02. The van der Waals surface area contributed by atoms with Crippen molar-refractivity contribution < 1.29 is 9.53 Å². The van der Waals surface area contributed by atoms with Gasteiger partial charge >= 0.3 is 5.97 Å². The number of esters is 1. The van der Waals surface area contributed by atoms with Crippen LogP contribution >= 0.6 is 0 Å². The quantitative estimate of drug-likeness (QED) is 0.621. The summed E-state index contributed by atoms with van der Waals surface area (Å²) in [6, 6.07) is 0. The van der Waals surface area contributed by atoms with E-state index in [1.54, 1.807) is 6.92 Å². The molecule has 0 bridgehead atoms. The van der Waals surface area contributed by atoms with E-state index in [4.69, 9.17) is 10.5 Å². The number of carbonyl (C=O) groups is 1. The number of carbonyl (C=O) groups excluding carboxylic acids is 1. The predicted molar refractivity (Wildman–Crippen MR) is 44.1 cm³/mol. The normalized spacial score (nSPS) is 15.6. The summed E-state index contributed by atoms with van der Waals surface area (Å²) >= 11 is 0. The van der Waals surface area contributed by atoms with Gasteiger partial charge in [0.15, 0.2) is 0 Å². The van der Waals surface area contributed by atoms with Crippen LogP contribution in [0.25, 0.3) is 0 Å². The summed E-state index contributed by atoms with van der Waals surface area (Å²) in [5.74, 6) is -0.370. The molecule has 66 valence electrons. The Morgan fingerprint density at radius 3 is 2.45 bits per heavy atom. The molecule has 2 N–H and O–H groups in total. The minimum Gasteiger partial charge on any atom is -0.462 e. The number of nitrogens with two attached hydrogens (primary N) is 1. The maximum Gasteiger partial charge on any atom is 0.310 e. The summed E-state index contributed by atoms with van der Waals surface area (Å²) in [5.41, 5.74) is 5.29. The minimum absolute atomic E-state index is 0.0106. The molecule has 0 aromatic carbocycles. The van der Waals surface area contributed by atoms with Crippen LogP contribution in [0.1, 0.15) is 27.2 Å². The van der Waals surface area contributed by atoms with Crippen LogP contribution in [-0.4, -0.2) is 18.6 Å². The van der Waals surface area contributed by atoms with Crippen molar-refractivity contribution >= 4 is 5.97 Å². The third-order valence-corrected chi connectivity index (χ3v) is 1.65. The molecule has 0 spiro atoms. The fraction of sp³-hybridized carbons (Fsp3) is 0.875. The molecular formula is C8H17NO2. The first kappa shape index (κ1) is 10.4. The van der Waals surface area contributed by atoms with Crippen LogP contribution in [0.2, 0.25) is 0 Å². The molecule has 0 saturated carbocycles. The fourth-order valence-electron chi connectivity index (χ4n) is 0.494. The van der Waals surface area contributed by atoms with Crippen LogP contribution in [-0.2, 0) is 9.53 Å². The Kier molecular flexibility index (Phi) is 4.86. The van der Waals surface area contributed by atoms with Crippen LogP contribution in [0.15, 0.2) is 0 Å². The molecule has 0 fully saturated rings. The lowest BCUT2D eigenvalue weighted by Gasteiger charge is -2.13. The standard InChI is InChI=1S/C8H17NO2/c1-4-7(3)11-8(10)6(2)5-9/h6-7H,4-5,9H2,1-3H3. The summed E-state index contributed by atoms with van der Waals surface area (Å²) in [4.78, 5) is 11.0. The lowest BCUT2D eigenvalue weighted by molar-refractivity contribution is -0.152. The summed E-state index contributed by atoms with van der Waals surface area (Å²) in [5, 5.41) is 0. The van der Waals surface area contributed by atoms with Crippen LogP contribution in [0.4, 0.5) is 0 Å². The van der Waals surface area contributed by atoms with Gasteiger partial charge in [-0.15, -0.1) is 0 Å². The van der Waals surface area contributed by atoms with Crippen LogP contribution in [0, 0.1) is 5.92 Å². The highest BCUT2D eigenvalue weighted by atomic mass is 16.5. The number of rotatable bonds is 4. The second-order valence-electron chi connectivity index (χ2n) is 2.79. The molecule has 0 heterocycles. The van der Waals surface area contributed by atoms with E-state index in [2.05, 4.69) is 0 Å². The Morgan fingerprint density at radius 1 is 1.55 bits per heavy atom. The smallest absolute Gasteiger partial charge is 0.310 e. The van der Waals surface area contributed by atoms with Gasteiger partial charge in [-0.1, -0.05) is 13.8 Å². The monoisotopic (exact) mass is 159 g/mol. The Bertz CT molecular complexity index is 125. The predicted octanol–water partition coefficient (Wildman–Crippen LogP) is 0.923. The van der Waals surface area contributed by atoms with Crippen LogP contribution < -0.4 is 5.73 Å². The van der Waals surface area contributed by atoms with Crippen molar-refractivity contribution in [2.24, 2.45) is 11.7 Å². The van der Waals surface area contributed by atoms with Gasteiger partial charge in [0.25, 0.3) is 0 Å². The maximum atomic E-state index is 11.0. The molecule has 0 saturated heterocycles. The summed E-state index contributed by atoms with van der Waals surface area (Å²) in [6.45, 7) is 5.98. The zero-order valence-corrected chi connectivity index (χ0v) is 7.46. The van der Waals surface area contributed by atoms with Gasteiger partial charge in [0.1, 0.15) is 0 Å². The van der Waals surface area contributed by atoms with Gasteiger partial charge in [-0.2, -0.15) is 0 Å². The van der Waals surface area contributed by atoms with E-state index in [-0.39, 0.29) is 18.0 Å². The van der Waals surface area contributed by atoms with Crippen molar-refractivity contribution in [3.8, 4) is 0 Å². The first-order chi connectivity index (χ1) is 5.11. The summed E-state index contributed by atoms with van der Waals surface area (Å²) in [7, 11) is 0. The highest BCUT2D eigenvalue weighted by molar-refractivity contribution is 5.72. The van der Waals surface area contributed by atoms with Crippen LogP contribution in [0.3, 0.4) is 0 Å². The van der Waals surface area contributed by atoms with Gasteiger partial charge in [-0.3, -0.25) is 4.79 Å². The molecule has 11 heavy (non-hydrogen) atoms. The molecule has 3 nitrogen and oxygen atoms in total. The molecule has 0 aliphatic heterocycles. The molecule has 2 atom stereocenters. The van der Waals surface area contributed by atoms with Gasteiger partial charge < -0.3 is 10.5 Å². The van der Waals surface area contributed by atoms with E-state index in [9.17, 15) is 4.79 Å². The van der Waals surface area contributed by atoms with Crippen molar-refractivity contribution in [2.45, 2.75) is 33.3 Å². The minimum atomic E-state index is -0.193. The van der Waals surface area contributed by atoms with Gasteiger partial charge in [-0.05, 0) is 13.3 Å². The van der Waals surface area contributed by atoms with E-state index in [0.29, 0.717) is 6.54 Å². The molecule has 0 rings (SSSR count). The summed E-state index contributed by atoms with van der Waals surface area (Å²) in [6.07, 6.45) is 0.861. The van der Waals surface area contributed by atoms with E-state index < -0.39 is 0 Å². The maximum absolute atomic E-state index is 11.0. The van der Waals surface area contributed by atoms with E-state index >= 15 is 0 Å². The van der Waals surface area contributed by atoms with Crippen molar-refractivity contribution in [2.75, 3.05) is 6.54 Å². The topological polar surface area (TPSA) is 52.3 Å². The average molecular weight is 159 g/mol. The molecular weight excluding hydrogens is 142 g/mol. The van der Waals surface area contributed by atoms with Crippen LogP contribution in [0.5, 0.6) is 0 Å². The molecule has 0 aliphatic carbocycles. The Hall–Kier alpha value is -0.570. The van der Waals surface area contributed by atoms with Gasteiger partial charge in [-0.25, -0.2) is 0 Å².